The predicted octanol–water partition coefficient (Wildman–Crippen LogP) is 4.07. The van der Waals surface area contributed by atoms with Gasteiger partial charge in [-0.05, 0) is 43.7 Å². The monoisotopic (exact) mass is 418 g/mol. The summed E-state index contributed by atoms with van der Waals surface area (Å²) in [7, 11) is 3.17. The molecule has 7 nitrogen and oxygen atoms in total. The van der Waals surface area contributed by atoms with E-state index in [0.29, 0.717) is 41.3 Å². The van der Waals surface area contributed by atoms with Gasteiger partial charge in [-0.3, -0.25) is 9.79 Å². The van der Waals surface area contributed by atoms with Gasteiger partial charge in [0.15, 0.2) is 17.5 Å². The van der Waals surface area contributed by atoms with Crippen LogP contribution in [-0.4, -0.2) is 39.2 Å². The smallest absolute Gasteiger partial charge is 0.226 e. The average molecular weight is 419 g/mol. The lowest BCUT2D eigenvalue weighted by atomic mass is 10.2. The van der Waals surface area contributed by atoms with Crippen molar-refractivity contribution in [3.8, 4) is 11.5 Å². The Morgan fingerprint density at radius 1 is 1.07 bits per heavy atom. The van der Waals surface area contributed by atoms with E-state index in [1.54, 1.807) is 20.3 Å². The largest absolute Gasteiger partial charge is 0.493 e. The summed E-state index contributed by atoms with van der Waals surface area (Å²) >= 11 is 6.15. The first-order chi connectivity index (χ1) is 14.0. The van der Waals surface area contributed by atoms with Gasteiger partial charge in [-0.1, -0.05) is 17.7 Å². The molecular formula is C21H27ClN4O3. The summed E-state index contributed by atoms with van der Waals surface area (Å²) in [6.45, 7) is 4.92. The molecule has 0 aliphatic carbocycles. The molecule has 8 heteroatoms. The van der Waals surface area contributed by atoms with Crippen molar-refractivity contribution in [2.75, 3.05) is 37.9 Å². The van der Waals surface area contributed by atoms with Crippen molar-refractivity contribution >= 4 is 34.8 Å². The highest BCUT2D eigenvalue weighted by Gasteiger charge is 2.08. The second kappa shape index (κ2) is 11.2. The van der Waals surface area contributed by atoms with E-state index in [-0.39, 0.29) is 12.3 Å². The first-order valence-corrected chi connectivity index (χ1v) is 9.68. The summed E-state index contributed by atoms with van der Waals surface area (Å²) in [4.78, 5) is 16.6. The number of ether oxygens (including phenoxy) is 2. The number of benzene rings is 2. The van der Waals surface area contributed by atoms with Crippen LogP contribution in [0.3, 0.4) is 0 Å². The van der Waals surface area contributed by atoms with Crippen molar-refractivity contribution in [3.05, 3.63) is 47.0 Å². The van der Waals surface area contributed by atoms with Gasteiger partial charge >= 0.3 is 0 Å². The number of carbonyl (C=O) groups excluding carboxylic acids is 1. The lowest BCUT2D eigenvalue weighted by molar-refractivity contribution is -0.116. The van der Waals surface area contributed by atoms with Crippen molar-refractivity contribution in [1.82, 2.24) is 5.32 Å². The van der Waals surface area contributed by atoms with Crippen LogP contribution in [0.2, 0.25) is 5.02 Å². The van der Waals surface area contributed by atoms with E-state index in [9.17, 15) is 4.79 Å². The van der Waals surface area contributed by atoms with E-state index in [0.717, 1.165) is 11.3 Å². The Kier molecular flexibility index (Phi) is 8.61. The zero-order valence-electron chi connectivity index (χ0n) is 17.1. The Labute approximate surface area is 176 Å². The fourth-order valence-corrected chi connectivity index (χ4v) is 2.84. The van der Waals surface area contributed by atoms with Gasteiger partial charge in [0, 0.05) is 24.7 Å². The van der Waals surface area contributed by atoms with Crippen molar-refractivity contribution in [2.45, 2.75) is 20.3 Å². The van der Waals surface area contributed by atoms with Gasteiger partial charge in [0.05, 0.1) is 31.5 Å². The highest BCUT2D eigenvalue weighted by atomic mass is 35.5. The molecule has 0 atom stereocenters. The normalized spacial score (nSPS) is 11.0. The third-order valence-corrected chi connectivity index (χ3v) is 4.31. The molecule has 29 heavy (non-hydrogen) atoms. The number of nitrogens with one attached hydrogen (secondary N) is 3. The SMILES string of the molecule is CCNC(=NCCC(=O)Nc1ccc(C)cc1Cl)Nc1ccc(OC)c(OC)c1. The Bertz CT molecular complexity index is 871. The van der Waals surface area contributed by atoms with Gasteiger partial charge in [0.25, 0.3) is 0 Å². The minimum Gasteiger partial charge on any atom is -0.493 e. The van der Waals surface area contributed by atoms with Crippen LogP contribution in [0.25, 0.3) is 0 Å². The van der Waals surface area contributed by atoms with Crippen molar-refractivity contribution in [2.24, 2.45) is 4.99 Å². The maximum Gasteiger partial charge on any atom is 0.226 e. The van der Waals surface area contributed by atoms with Gasteiger partial charge in [-0.2, -0.15) is 0 Å². The molecule has 1 amide bonds. The molecule has 0 heterocycles. The molecule has 2 aromatic carbocycles. The van der Waals surface area contributed by atoms with Gasteiger partial charge in [0.2, 0.25) is 5.91 Å². The fraction of sp³-hybridized carbons (Fsp3) is 0.333. The topological polar surface area (TPSA) is 84.0 Å². The first-order valence-electron chi connectivity index (χ1n) is 9.30. The Balaban J connectivity index is 1.97. The first kappa shape index (κ1) is 22.4. The lowest BCUT2D eigenvalue weighted by Gasteiger charge is -2.14. The van der Waals surface area contributed by atoms with E-state index in [1.165, 1.54) is 0 Å². The van der Waals surface area contributed by atoms with Gasteiger partial charge in [-0.15, -0.1) is 0 Å². The number of anilines is 2. The minimum absolute atomic E-state index is 0.151. The van der Waals surface area contributed by atoms with Crippen LogP contribution in [-0.2, 0) is 4.79 Å². The summed E-state index contributed by atoms with van der Waals surface area (Å²) in [6.07, 6.45) is 0.229. The van der Waals surface area contributed by atoms with Crippen LogP contribution in [0.1, 0.15) is 18.9 Å². The summed E-state index contributed by atoms with van der Waals surface area (Å²) in [5.74, 6) is 1.68. The van der Waals surface area contributed by atoms with Crippen molar-refractivity contribution in [3.63, 3.8) is 0 Å². The number of amides is 1. The minimum atomic E-state index is -0.151. The van der Waals surface area contributed by atoms with E-state index in [1.807, 2.05) is 44.2 Å². The number of carbonyl (C=O) groups is 1. The Morgan fingerprint density at radius 2 is 1.83 bits per heavy atom. The highest BCUT2D eigenvalue weighted by molar-refractivity contribution is 6.33. The Hall–Kier alpha value is -2.93. The molecule has 2 aromatic rings. The predicted molar refractivity (Wildman–Crippen MR) is 119 cm³/mol. The van der Waals surface area contributed by atoms with Crippen LogP contribution < -0.4 is 25.4 Å². The van der Waals surface area contributed by atoms with Crippen LogP contribution in [0.5, 0.6) is 11.5 Å². The highest BCUT2D eigenvalue weighted by Crippen LogP contribution is 2.29. The number of halogens is 1. The molecule has 0 fully saturated rings. The zero-order chi connectivity index (χ0) is 21.2. The molecule has 2 rings (SSSR count). The molecule has 156 valence electrons. The quantitative estimate of drug-likeness (QED) is 0.444. The molecule has 0 aliphatic heterocycles. The molecule has 0 unspecified atom stereocenters. The van der Waals surface area contributed by atoms with E-state index < -0.39 is 0 Å². The Morgan fingerprint density at radius 3 is 2.48 bits per heavy atom. The third kappa shape index (κ3) is 6.87. The molecular weight excluding hydrogens is 392 g/mol. The van der Waals surface area contributed by atoms with Crippen LogP contribution in [0.4, 0.5) is 11.4 Å². The third-order valence-electron chi connectivity index (χ3n) is 4.00. The maximum absolute atomic E-state index is 12.2. The maximum atomic E-state index is 12.2. The van der Waals surface area contributed by atoms with Crippen LogP contribution in [0.15, 0.2) is 41.4 Å². The molecule has 0 saturated heterocycles. The summed E-state index contributed by atoms with van der Waals surface area (Å²) in [5.41, 5.74) is 2.42. The molecule has 0 aromatic heterocycles. The van der Waals surface area contributed by atoms with E-state index >= 15 is 0 Å². The molecule has 0 saturated carbocycles. The van der Waals surface area contributed by atoms with Gasteiger partial charge in [0.1, 0.15) is 0 Å². The standard InChI is InChI=1S/C21H27ClN4O3/c1-5-23-21(25-15-7-9-18(28-3)19(13-15)29-4)24-11-10-20(27)26-17-8-6-14(2)12-16(17)22/h6-9,12-13H,5,10-11H2,1-4H3,(H,26,27)(H2,23,24,25). The second-order valence-electron chi connectivity index (χ2n) is 6.24. The number of nitrogens with zero attached hydrogens (tertiary/aromatic N) is 1. The van der Waals surface area contributed by atoms with E-state index in [2.05, 4.69) is 20.9 Å². The van der Waals surface area contributed by atoms with Crippen LogP contribution >= 0.6 is 11.6 Å². The summed E-state index contributed by atoms with van der Waals surface area (Å²) < 4.78 is 10.6. The lowest BCUT2D eigenvalue weighted by Crippen LogP contribution is -2.31. The number of guanidine groups is 1. The fourth-order valence-electron chi connectivity index (χ4n) is 2.56. The van der Waals surface area contributed by atoms with E-state index in [4.69, 9.17) is 21.1 Å². The van der Waals surface area contributed by atoms with Crippen LogP contribution in [0, 0.1) is 6.92 Å². The number of methoxy groups -OCH3 is 2. The van der Waals surface area contributed by atoms with Crippen molar-refractivity contribution < 1.29 is 14.3 Å². The van der Waals surface area contributed by atoms with Gasteiger partial charge < -0.3 is 25.4 Å². The average Bonchev–Trinajstić information content (AvgIpc) is 2.70. The van der Waals surface area contributed by atoms with Gasteiger partial charge in [-0.25, -0.2) is 0 Å². The number of aliphatic imine (C=N–C) groups is 1. The number of aryl methyl sites for hydroxylation is 1. The molecule has 0 aliphatic rings. The van der Waals surface area contributed by atoms with Crippen molar-refractivity contribution in [1.29, 1.82) is 0 Å². The molecule has 0 bridgehead atoms. The number of hydrogen-bond donors (Lipinski definition) is 3. The number of rotatable bonds is 8. The number of hydrogen-bond acceptors (Lipinski definition) is 4. The summed E-state index contributed by atoms with van der Waals surface area (Å²) in [5, 5.41) is 9.67. The summed E-state index contributed by atoms with van der Waals surface area (Å²) in [6, 6.07) is 11.0. The molecule has 0 radical (unpaired) electrons. The molecule has 0 spiro atoms. The second-order valence-corrected chi connectivity index (χ2v) is 6.64. The zero-order valence-corrected chi connectivity index (χ0v) is 17.9. The molecule has 3 N–H and O–H groups in total.